The van der Waals surface area contributed by atoms with Crippen LogP contribution in [0.25, 0.3) is 38.6 Å². The highest BCUT2D eigenvalue weighted by Crippen LogP contribution is 2.40. The van der Waals surface area contributed by atoms with Gasteiger partial charge in [-0.15, -0.1) is 0 Å². The normalized spacial score (nSPS) is 11.5. The first-order valence-electron chi connectivity index (χ1n) is 19.6. The lowest BCUT2D eigenvalue weighted by atomic mass is 10.0. The van der Waals surface area contributed by atoms with Crippen molar-refractivity contribution in [3.8, 4) is 16.8 Å². The molecule has 0 bridgehead atoms. The second kappa shape index (κ2) is 14.8. The fraction of sp³-hybridized carbons (Fsp3) is 0. The summed E-state index contributed by atoms with van der Waals surface area (Å²) in [5, 5.41) is 7.89. The van der Waals surface area contributed by atoms with Crippen molar-refractivity contribution >= 4 is 67.7 Å². The van der Waals surface area contributed by atoms with Crippen LogP contribution in [0, 0.1) is 0 Å². The van der Waals surface area contributed by atoms with Gasteiger partial charge >= 0.3 is 0 Å². The lowest BCUT2D eigenvalue weighted by molar-refractivity contribution is 1.18. The van der Waals surface area contributed by atoms with Gasteiger partial charge in [-0.1, -0.05) is 182 Å². The number of fused-ring (bicyclic) bond motifs is 3. The molecule has 1 heterocycles. The molecule has 0 saturated carbocycles. The largest absolute Gasteiger partial charge is 0.310 e. The molecule has 0 fully saturated rings. The average Bonchev–Trinajstić information content (AvgIpc) is 3.63. The van der Waals surface area contributed by atoms with E-state index >= 15 is 0 Å². The number of hydrogen-bond donors (Lipinski definition) is 0. The molecule has 0 saturated heterocycles. The van der Waals surface area contributed by atoms with Gasteiger partial charge in [0.15, 0.2) is 8.07 Å². The van der Waals surface area contributed by atoms with Crippen molar-refractivity contribution in [1.82, 2.24) is 4.57 Å². The van der Waals surface area contributed by atoms with Crippen LogP contribution in [0.2, 0.25) is 0 Å². The van der Waals surface area contributed by atoms with Gasteiger partial charge in [0.25, 0.3) is 0 Å². The van der Waals surface area contributed by atoms with Crippen LogP contribution < -0.4 is 25.6 Å². The summed E-state index contributed by atoms with van der Waals surface area (Å²) < 4.78 is 2.38. The summed E-state index contributed by atoms with van der Waals surface area (Å²) >= 11 is 0. The summed E-state index contributed by atoms with van der Waals surface area (Å²) in [6.07, 6.45) is 0. The zero-order chi connectivity index (χ0) is 38.0. The molecule has 0 amide bonds. The van der Waals surface area contributed by atoms with Crippen molar-refractivity contribution in [2.24, 2.45) is 0 Å². The van der Waals surface area contributed by atoms with Gasteiger partial charge in [0, 0.05) is 33.5 Å². The van der Waals surface area contributed by atoms with Crippen molar-refractivity contribution in [1.29, 1.82) is 0 Å². The molecular formula is C54H40N2Si. The van der Waals surface area contributed by atoms with E-state index in [-0.39, 0.29) is 0 Å². The number of anilines is 3. The third-order valence-electron chi connectivity index (χ3n) is 11.3. The van der Waals surface area contributed by atoms with E-state index in [0.717, 1.165) is 22.7 Å². The third-order valence-corrected chi connectivity index (χ3v) is 16.1. The van der Waals surface area contributed by atoms with E-state index in [0.29, 0.717) is 0 Å². The summed E-state index contributed by atoms with van der Waals surface area (Å²) in [5.74, 6) is 0. The maximum Gasteiger partial charge on any atom is 0.179 e. The van der Waals surface area contributed by atoms with Crippen molar-refractivity contribution < 1.29 is 0 Å². The highest BCUT2D eigenvalue weighted by molar-refractivity contribution is 7.19. The van der Waals surface area contributed by atoms with E-state index < -0.39 is 8.07 Å². The van der Waals surface area contributed by atoms with Gasteiger partial charge in [-0.2, -0.15) is 0 Å². The van der Waals surface area contributed by atoms with E-state index in [1.54, 1.807) is 0 Å². The molecule has 57 heavy (non-hydrogen) atoms. The van der Waals surface area contributed by atoms with Crippen molar-refractivity contribution in [2.75, 3.05) is 4.90 Å². The van der Waals surface area contributed by atoms with E-state index in [9.17, 15) is 0 Å². The molecule has 0 unspecified atom stereocenters. The van der Waals surface area contributed by atoms with E-state index in [2.05, 4.69) is 252 Å². The Bertz CT molecular complexity index is 2810. The van der Waals surface area contributed by atoms with Gasteiger partial charge in [0.2, 0.25) is 0 Å². The summed E-state index contributed by atoms with van der Waals surface area (Å²) in [7, 11) is -2.68. The molecule has 9 aromatic carbocycles. The fourth-order valence-electron chi connectivity index (χ4n) is 8.76. The molecule has 0 aliphatic carbocycles. The van der Waals surface area contributed by atoms with Crippen molar-refractivity contribution in [3.05, 3.63) is 243 Å². The number of aromatic nitrogens is 1. The Morgan fingerprint density at radius 2 is 0.702 bits per heavy atom. The molecule has 2 nitrogen and oxygen atoms in total. The van der Waals surface area contributed by atoms with Crippen LogP contribution in [0.4, 0.5) is 17.1 Å². The Morgan fingerprint density at radius 3 is 1.26 bits per heavy atom. The van der Waals surface area contributed by atoms with Gasteiger partial charge in [-0.05, 0) is 92.5 Å². The second-order valence-electron chi connectivity index (χ2n) is 14.5. The Labute approximate surface area is 335 Å². The van der Waals surface area contributed by atoms with Crippen LogP contribution >= 0.6 is 0 Å². The number of para-hydroxylation sites is 2. The minimum absolute atomic E-state index is 1.10. The standard InChI is InChI=1S/C54H40N2Si/c1-6-18-41(19-7-1)42-30-32-44(33-31-42)55(46-36-39-54-52(40-46)51-28-16-17-29-53(51)56(54)43-20-8-2-9-21-43)45-34-37-50(38-35-45)57(47-22-10-3-11-23-47,48-24-12-4-13-25-48)49-26-14-5-15-27-49/h1-40H. The fourth-order valence-corrected chi connectivity index (χ4v) is 13.5. The number of hydrogen-bond acceptors (Lipinski definition) is 1. The zero-order valence-corrected chi connectivity index (χ0v) is 32.5. The monoisotopic (exact) mass is 744 g/mol. The predicted octanol–water partition coefficient (Wildman–Crippen LogP) is 11.3. The molecule has 0 atom stereocenters. The van der Waals surface area contributed by atoms with E-state index in [1.165, 1.54) is 53.7 Å². The van der Waals surface area contributed by atoms with Crippen LogP contribution in [0.5, 0.6) is 0 Å². The molecule has 0 radical (unpaired) electrons. The first kappa shape index (κ1) is 34.3. The van der Waals surface area contributed by atoms with Gasteiger partial charge in [0.1, 0.15) is 0 Å². The minimum Gasteiger partial charge on any atom is -0.310 e. The zero-order valence-electron chi connectivity index (χ0n) is 31.5. The quantitative estimate of drug-likeness (QED) is 0.106. The molecule has 0 aliphatic rings. The minimum atomic E-state index is -2.68. The number of rotatable bonds is 9. The van der Waals surface area contributed by atoms with Crippen molar-refractivity contribution in [2.45, 2.75) is 0 Å². The Morgan fingerprint density at radius 1 is 0.298 bits per heavy atom. The lowest BCUT2D eigenvalue weighted by Gasteiger charge is -2.35. The molecule has 10 aromatic rings. The maximum atomic E-state index is 2.41. The number of nitrogens with zero attached hydrogens (tertiary/aromatic N) is 2. The molecular weight excluding hydrogens is 705 g/mol. The summed E-state index contributed by atoms with van der Waals surface area (Å²) in [5.41, 5.74) is 9.26. The van der Waals surface area contributed by atoms with Crippen LogP contribution in [-0.2, 0) is 0 Å². The van der Waals surface area contributed by atoms with E-state index in [4.69, 9.17) is 0 Å². The molecule has 10 rings (SSSR count). The van der Waals surface area contributed by atoms with Gasteiger partial charge in [-0.3, -0.25) is 0 Å². The van der Waals surface area contributed by atoms with E-state index in [1.807, 2.05) is 0 Å². The molecule has 3 heteroatoms. The second-order valence-corrected chi connectivity index (χ2v) is 18.3. The summed E-state index contributed by atoms with van der Waals surface area (Å²) in [6, 6.07) is 88.8. The average molecular weight is 745 g/mol. The Balaban J connectivity index is 1.17. The van der Waals surface area contributed by atoms with Gasteiger partial charge in [0.05, 0.1) is 11.0 Å². The van der Waals surface area contributed by atoms with Crippen LogP contribution in [-0.4, -0.2) is 12.6 Å². The highest BCUT2D eigenvalue weighted by atomic mass is 28.3. The van der Waals surface area contributed by atoms with Gasteiger partial charge < -0.3 is 9.47 Å². The predicted molar refractivity (Wildman–Crippen MR) is 245 cm³/mol. The third kappa shape index (κ3) is 6.06. The van der Waals surface area contributed by atoms with Crippen LogP contribution in [0.1, 0.15) is 0 Å². The SMILES string of the molecule is c1ccc(-c2ccc(N(c3ccc([Si](c4ccccc4)(c4ccccc4)c4ccccc4)cc3)c3ccc4c(c3)c3ccccc3n4-c3ccccc3)cc2)cc1. The smallest absolute Gasteiger partial charge is 0.179 e. The summed E-state index contributed by atoms with van der Waals surface area (Å²) in [6.45, 7) is 0. The van der Waals surface area contributed by atoms with Crippen LogP contribution in [0.15, 0.2) is 243 Å². The lowest BCUT2D eigenvalue weighted by Crippen LogP contribution is -2.74. The Hall–Kier alpha value is -7.20. The molecule has 0 spiro atoms. The van der Waals surface area contributed by atoms with Gasteiger partial charge in [-0.25, -0.2) is 0 Å². The maximum absolute atomic E-state index is 2.68. The molecule has 1 aromatic heterocycles. The molecule has 0 N–H and O–H groups in total. The highest BCUT2D eigenvalue weighted by Gasteiger charge is 2.41. The number of benzene rings is 9. The van der Waals surface area contributed by atoms with Crippen LogP contribution in [0.3, 0.4) is 0 Å². The first-order chi connectivity index (χ1) is 28.3. The topological polar surface area (TPSA) is 8.17 Å². The Kier molecular flexibility index (Phi) is 8.90. The first-order valence-corrected chi connectivity index (χ1v) is 21.6. The van der Waals surface area contributed by atoms with Crippen molar-refractivity contribution in [3.63, 3.8) is 0 Å². The molecule has 0 aliphatic heterocycles. The summed E-state index contributed by atoms with van der Waals surface area (Å²) in [4.78, 5) is 2.41. The molecule has 270 valence electrons.